The molecular formula is C17H15BrO2. The summed E-state index contributed by atoms with van der Waals surface area (Å²) >= 11 is 3.50. The largest absolute Gasteiger partial charge is 0.384 e. The predicted molar refractivity (Wildman–Crippen MR) is 83.0 cm³/mol. The highest BCUT2D eigenvalue weighted by molar-refractivity contribution is 9.10. The van der Waals surface area contributed by atoms with Gasteiger partial charge in [0.15, 0.2) is 0 Å². The predicted octanol–water partition coefficient (Wildman–Crippen LogP) is 3.51. The van der Waals surface area contributed by atoms with Crippen LogP contribution in [0.25, 0.3) is 0 Å². The fourth-order valence-electron chi connectivity index (χ4n) is 1.77. The van der Waals surface area contributed by atoms with Gasteiger partial charge < -0.3 is 9.84 Å². The molecule has 2 aromatic carbocycles. The van der Waals surface area contributed by atoms with E-state index in [9.17, 15) is 0 Å². The molecule has 102 valence electrons. The van der Waals surface area contributed by atoms with Crippen molar-refractivity contribution in [1.29, 1.82) is 0 Å². The molecule has 0 radical (unpaired) electrons. The molecule has 0 unspecified atom stereocenters. The van der Waals surface area contributed by atoms with Gasteiger partial charge in [-0.3, -0.25) is 0 Å². The zero-order valence-electron chi connectivity index (χ0n) is 11.0. The van der Waals surface area contributed by atoms with Crippen molar-refractivity contribution < 1.29 is 9.84 Å². The second-order valence-corrected chi connectivity index (χ2v) is 5.10. The zero-order chi connectivity index (χ0) is 14.2. The van der Waals surface area contributed by atoms with Crippen LogP contribution < -0.4 is 0 Å². The van der Waals surface area contributed by atoms with Crippen molar-refractivity contribution in [3.05, 3.63) is 69.7 Å². The molecule has 1 N–H and O–H groups in total. The summed E-state index contributed by atoms with van der Waals surface area (Å²) < 4.78 is 6.78. The quantitative estimate of drug-likeness (QED) is 0.869. The van der Waals surface area contributed by atoms with Crippen LogP contribution in [0.3, 0.4) is 0 Å². The van der Waals surface area contributed by atoms with Crippen molar-refractivity contribution >= 4 is 15.9 Å². The molecule has 0 bridgehead atoms. The smallest absolute Gasteiger partial charge is 0.104 e. The van der Waals surface area contributed by atoms with Crippen LogP contribution in [-0.4, -0.2) is 11.7 Å². The Morgan fingerprint density at radius 3 is 2.70 bits per heavy atom. The normalized spacial score (nSPS) is 9.90. The average Bonchev–Trinajstić information content (AvgIpc) is 2.48. The topological polar surface area (TPSA) is 29.5 Å². The molecule has 0 heterocycles. The van der Waals surface area contributed by atoms with Gasteiger partial charge in [-0.05, 0) is 29.3 Å². The van der Waals surface area contributed by atoms with E-state index in [0.29, 0.717) is 13.2 Å². The first-order chi connectivity index (χ1) is 9.79. The first-order valence-electron chi connectivity index (χ1n) is 6.29. The number of benzene rings is 2. The highest BCUT2D eigenvalue weighted by Gasteiger charge is 1.99. The molecule has 2 aromatic rings. The molecule has 0 aromatic heterocycles. The van der Waals surface area contributed by atoms with Crippen LogP contribution in [0.15, 0.2) is 53.0 Å². The Morgan fingerprint density at radius 1 is 1.05 bits per heavy atom. The first-order valence-corrected chi connectivity index (χ1v) is 7.08. The van der Waals surface area contributed by atoms with Gasteiger partial charge in [-0.1, -0.05) is 58.1 Å². The summed E-state index contributed by atoms with van der Waals surface area (Å²) in [5.74, 6) is 5.53. The average molecular weight is 331 g/mol. The molecule has 2 nitrogen and oxygen atoms in total. The van der Waals surface area contributed by atoms with Crippen LogP contribution in [0, 0.1) is 11.8 Å². The van der Waals surface area contributed by atoms with Crippen molar-refractivity contribution in [2.75, 3.05) is 6.61 Å². The van der Waals surface area contributed by atoms with Gasteiger partial charge in [0.2, 0.25) is 0 Å². The Hall–Kier alpha value is -1.60. The molecule has 0 spiro atoms. The van der Waals surface area contributed by atoms with Gasteiger partial charge in [-0.15, -0.1) is 0 Å². The van der Waals surface area contributed by atoms with Gasteiger partial charge in [0.25, 0.3) is 0 Å². The lowest BCUT2D eigenvalue weighted by Crippen LogP contribution is -1.95. The summed E-state index contributed by atoms with van der Waals surface area (Å²) in [6.07, 6.45) is 0. The van der Waals surface area contributed by atoms with Crippen LogP contribution in [0.2, 0.25) is 0 Å². The number of rotatable bonds is 4. The maximum absolute atomic E-state index is 8.69. The third kappa shape index (κ3) is 4.50. The summed E-state index contributed by atoms with van der Waals surface area (Å²) in [5.41, 5.74) is 3.09. The number of ether oxygens (including phenoxy) is 1. The molecule has 0 aliphatic rings. The molecule has 0 fully saturated rings. The van der Waals surface area contributed by atoms with Crippen LogP contribution in [0.5, 0.6) is 0 Å². The number of hydrogen-bond donors (Lipinski definition) is 1. The van der Waals surface area contributed by atoms with E-state index in [0.717, 1.165) is 21.2 Å². The third-order valence-corrected chi connectivity index (χ3v) is 3.50. The molecule has 20 heavy (non-hydrogen) atoms. The summed E-state index contributed by atoms with van der Waals surface area (Å²) in [7, 11) is 0. The standard InChI is InChI=1S/C17H15BrO2/c18-17-9-2-1-8-16(17)13-20-12-15-6-3-5-14(11-15)7-4-10-19/h1-3,5-6,8-9,11,19H,10,12-13H2. The van der Waals surface area contributed by atoms with E-state index in [1.807, 2.05) is 48.5 Å². The van der Waals surface area contributed by atoms with Gasteiger partial charge in [-0.25, -0.2) is 0 Å². The van der Waals surface area contributed by atoms with Gasteiger partial charge in [0.1, 0.15) is 6.61 Å². The van der Waals surface area contributed by atoms with E-state index in [1.165, 1.54) is 0 Å². The Kier molecular flexibility index (Phi) is 5.82. The van der Waals surface area contributed by atoms with Crippen molar-refractivity contribution in [3.63, 3.8) is 0 Å². The Bertz CT molecular complexity index is 626. The molecule has 3 heteroatoms. The molecule has 0 aliphatic heterocycles. The Morgan fingerprint density at radius 2 is 1.90 bits per heavy atom. The molecular weight excluding hydrogens is 316 g/mol. The van der Waals surface area contributed by atoms with Crippen molar-refractivity contribution in [2.45, 2.75) is 13.2 Å². The summed E-state index contributed by atoms with van der Waals surface area (Å²) in [4.78, 5) is 0. The van der Waals surface area contributed by atoms with Crippen molar-refractivity contribution in [2.24, 2.45) is 0 Å². The zero-order valence-corrected chi connectivity index (χ0v) is 12.6. The minimum absolute atomic E-state index is 0.122. The van der Waals surface area contributed by atoms with E-state index in [1.54, 1.807) is 0 Å². The maximum Gasteiger partial charge on any atom is 0.104 e. The van der Waals surface area contributed by atoms with Gasteiger partial charge >= 0.3 is 0 Å². The van der Waals surface area contributed by atoms with E-state index in [4.69, 9.17) is 9.84 Å². The van der Waals surface area contributed by atoms with E-state index in [2.05, 4.69) is 27.8 Å². The van der Waals surface area contributed by atoms with Crippen LogP contribution in [0.4, 0.5) is 0 Å². The van der Waals surface area contributed by atoms with E-state index >= 15 is 0 Å². The number of aliphatic hydroxyl groups is 1. The van der Waals surface area contributed by atoms with Crippen molar-refractivity contribution in [1.82, 2.24) is 0 Å². The lowest BCUT2D eigenvalue weighted by molar-refractivity contribution is 0.107. The minimum Gasteiger partial charge on any atom is -0.384 e. The maximum atomic E-state index is 8.69. The van der Waals surface area contributed by atoms with Crippen LogP contribution in [-0.2, 0) is 18.0 Å². The third-order valence-electron chi connectivity index (χ3n) is 2.72. The fraction of sp³-hybridized carbons (Fsp3) is 0.176. The van der Waals surface area contributed by atoms with Crippen LogP contribution >= 0.6 is 15.9 Å². The number of aliphatic hydroxyl groups excluding tert-OH is 1. The molecule has 0 atom stereocenters. The lowest BCUT2D eigenvalue weighted by Gasteiger charge is -2.06. The summed E-state index contributed by atoms with van der Waals surface area (Å²) in [6, 6.07) is 15.9. The van der Waals surface area contributed by atoms with Gasteiger partial charge in [-0.2, -0.15) is 0 Å². The highest BCUT2D eigenvalue weighted by Crippen LogP contribution is 2.17. The monoisotopic (exact) mass is 330 g/mol. The minimum atomic E-state index is -0.122. The fourth-order valence-corrected chi connectivity index (χ4v) is 2.17. The van der Waals surface area contributed by atoms with Gasteiger partial charge in [0, 0.05) is 10.0 Å². The number of halogens is 1. The molecule has 0 saturated carbocycles. The molecule has 0 saturated heterocycles. The SMILES string of the molecule is OCC#Cc1cccc(COCc2ccccc2Br)c1. The second kappa shape index (κ2) is 7.86. The first kappa shape index (κ1) is 14.8. The van der Waals surface area contributed by atoms with Crippen molar-refractivity contribution in [3.8, 4) is 11.8 Å². The van der Waals surface area contributed by atoms with E-state index in [-0.39, 0.29) is 6.61 Å². The lowest BCUT2D eigenvalue weighted by atomic mass is 10.1. The number of hydrogen-bond acceptors (Lipinski definition) is 2. The highest BCUT2D eigenvalue weighted by atomic mass is 79.9. The molecule has 0 amide bonds. The summed E-state index contributed by atoms with van der Waals surface area (Å²) in [6.45, 7) is 0.979. The van der Waals surface area contributed by atoms with E-state index < -0.39 is 0 Å². The Balaban J connectivity index is 1.93. The summed E-state index contributed by atoms with van der Waals surface area (Å²) in [5, 5.41) is 8.69. The second-order valence-electron chi connectivity index (χ2n) is 4.24. The molecule has 0 aliphatic carbocycles. The van der Waals surface area contributed by atoms with Gasteiger partial charge in [0.05, 0.1) is 13.2 Å². The van der Waals surface area contributed by atoms with Crippen LogP contribution in [0.1, 0.15) is 16.7 Å². The molecule has 2 rings (SSSR count). The Labute approximate surface area is 127 Å².